The molecule has 0 heterocycles. The smallest absolute Gasteiger partial charge is 0.0466 e. The van der Waals surface area contributed by atoms with E-state index < -0.39 is 0 Å². The van der Waals surface area contributed by atoms with Crippen molar-refractivity contribution < 1.29 is 0 Å². The lowest BCUT2D eigenvalue weighted by Crippen LogP contribution is -2.31. The van der Waals surface area contributed by atoms with Crippen molar-refractivity contribution in [2.45, 2.75) is 24.8 Å². The molecule has 2 atom stereocenters. The van der Waals surface area contributed by atoms with Crippen LogP contribution in [0.4, 0.5) is 0 Å². The maximum Gasteiger partial charge on any atom is 0.0466 e. The topological polar surface area (TPSA) is 38.0 Å². The third-order valence-electron chi connectivity index (χ3n) is 3.97. The minimum absolute atomic E-state index is 0.169. The van der Waals surface area contributed by atoms with Crippen LogP contribution in [0.25, 0.3) is 0 Å². The predicted octanol–water partition coefficient (Wildman–Crippen LogP) is 4.45. The summed E-state index contributed by atoms with van der Waals surface area (Å²) >= 11 is 7.07. The van der Waals surface area contributed by atoms with E-state index >= 15 is 0 Å². The van der Waals surface area contributed by atoms with Crippen molar-refractivity contribution in [1.29, 1.82) is 0 Å². The molecule has 0 radical (unpaired) electrons. The average Bonchev–Trinajstić information content (AvgIpc) is 2.39. The first-order chi connectivity index (χ1) is 9.67. The molecule has 0 saturated carbocycles. The molecule has 0 amide bonds. The minimum Gasteiger partial charge on any atom is -0.271 e. The van der Waals surface area contributed by atoms with Crippen molar-refractivity contribution in [2.75, 3.05) is 0 Å². The van der Waals surface area contributed by atoms with Gasteiger partial charge in [0.1, 0.15) is 0 Å². The Morgan fingerprint density at radius 1 is 1.15 bits per heavy atom. The maximum absolute atomic E-state index is 5.77. The van der Waals surface area contributed by atoms with E-state index in [-0.39, 0.29) is 6.04 Å². The number of hydrogen-bond donors (Lipinski definition) is 2. The quantitative estimate of drug-likeness (QED) is 0.592. The molecule has 2 nitrogen and oxygen atoms in total. The molecule has 0 aromatic heterocycles. The summed E-state index contributed by atoms with van der Waals surface area (Å²) in [4.78, 5) is 0. The molecule has 2 aromatic carbocycles. The van der Waals surface area contributed by atoms with Gasteiger partial charge in [0.05, 0.1) is 0 Å². The number of rotatable bonds is 4. The van der Waals surface area contributed by atoms with Crippen LogP contribution in [0.2, 0.25) is 0 Å². The second-order valence-electron chi connectivity index (χ2n) is 5.26. The molecule has 104 valence electrons. The van der Waals surface area contributed by atoms with Gasteiger partial charge in [-0.15, -0.1) is 0 Å². The summed E-state index contributed by atoms with van der Waals surface area (Å²) in [5.74, 6) is 6.37. The zero-order valence-corrected chi connectivity index (χ0v) is 14.1. The molecule has 20 heavy (non-hydrogen) atoms. The van der Waals surface area contributed by atoms with Gasteiger partial charge in [-0.1, -0.05) is 56.1 Å². The number of hydrogen-bond acceptors (Lipinski definition) is 2. The highest BCUT2D eigenvalue weighted by molar-refractivity contribution is 9.11. The Morgan fingerprint density at radius 2 is 1.85 bits per heavy atom. The molecule has 2 aromatic rings. The van der Waals surface area contributed by atoms with Crippen LogP contribution >= 0.6 is 31.9 Å². The fourth-order valence-corrected chi connectivity index (χ4v) is 4.26. The fraction of sp³-hybridized carbons (Fsp3) is 0.250. The Morgan fingerprint density at radius 3 is 2.50 bits per heavy atom. The Labute approximate surface area is 136 Å². The first-order valence-corrected chi connectivity index (χ1v) is 8.26. The summed E-state index contributed by atoms with van der Waals surface area (Å²) in [5.41, 5.74) is 7.12. The number of nitrogens with one attached hydrogen (secondary N) is 1. The Balaban J connectivity index is 1.79. The van der Waals surface area contributed by atoms with Gasteiger partial charge in [-0.2, -0.15) is 0 Å². The van der Waals surface area contributed by atoms with Crippen molar-refractivity contribution in [1.82, 2.24) is 5.43 Å². The summed E-state index contributed by atoms with van der Waals surface area (Å²) in [7, 11) is 0. The lowest BCUT2D eigenvalue weighted by atomic mass is 9.74. The molecule has 0 spiro atoms. The van der Waals surface area contributed by atoms with Gasteiger partial charge in [-0.05, 0) is 53.6 Å². The molecule has 0 saturated heterocycles. The van der Waals surface area contributed by atoms with Gasteiger partial charge in [0.15, 0.2) is 0 Å². The van der Waals surface area contributed by atoms with Crippen LogP contribution in [-0.4, -0.2) is 0 Å². The van der Waals surface area contributed by atoms with E-state index in [0.29, 0.717) is 5.92 Å². The highest BCUT2D eigenvalue weighted by atomic mass is 79.9. The molecule has 1 aliphatic rings. The largest absolute Gasteiger partial charge is 0.271 e. The summed E-state index contributed by atoms with van der Waals surface area (Å²) in [6.45, 7) is 0. The molecule has 4 heteroatoms. The van der Waals surface area contributed by atoms with Crippen LogP contribution in [-0.2, 0) is 6.42 Å². The van der Waals surface area contributed by atoms with Crippen LogP contribution in [0.1, 0.15) is 35.1 Å². The third-order valence-corrected chi connectivity index (χ3v) is 4.89. The van der Waals surface area contributed by atoms with Gasteiger partial charge < -0.3 is 0 Å². The number of nitrogens with two attached hydrogens (primary N) is 1. The Bertz CT molecular complexity index is 607. The second-order valence-corrected chi connectivity index (χ2v) is 7.09. The zero-order valence-electron chi connectivity index (χ0n) is 10.9. The van der Waals surface area contributed by atoms with Gasteiger partial charge in [-0.3, -0.25) is 11.3 Å². The molecule has 3 rings (SSSR count). The molecular weight excluding hydrogens is 380 g/mol. The monoisotopic (exact) mass is 394 g/mol. The first-order valence-electron chi connectivity index (χ1n) is 6.67. The predicted molar refractivity (Wildman–Crippen MR) is 89.4 cm³/mol. The number of fused-ring (bicyclic) bond motifs is 1. The van der Waals surface area contributed by atoms with E-state index in [4.69, 9.17) is 5.84 Å². The van der Waals surface area contributed by atoms with E-state index in [9.17, 15) is 0 Å². The van der Waals surface area contributed by atoms with Crippen molar-refractivity contribution >= 4 is 31.9 Å². The van der Waals surface area contributed by atoms with Crippen molar-refractivity contribution in [3.63, 3.8) is 0 Å². The Hall–Kier alpha value is -0.680. The van der Waals surface area contributed by atoms with Crippen molar-refractivity contribution in [2.24, 2.45) is 5.84 Å². The lowest BCUT2D eigenvalue weighted by molar-refractivity contribution is 0.435. The van der Waals surface area contributed by atoms with E-state index in [1.54, 1.807) is 0 Å². The van der Waals surface area contributed by atoms with Crippen LogP contribution in [0.5, 0.6) is 0 Å². The first kappa shape index (κ1) is 14.3. The highest BCUT2D eigenvalue weighted by Gasteiger charge is 2.28. The normalized spacial score (nSPS) is 18.2. The number of hydrazine groups is 1. The number of benzene rings is 2. The molecule has 0 bridgehead atoms. The van der Waals surface area contributed by atoms with E-state index in [0.717, 1.165) is 21.8 Å². The average molecular weight is 396 g/mol. The molecular formula is C16H16Br2N2. The van der Waals surface area contributed by atoms with Crippen molar-refractivity contribution in [3.05, 3.63) is 68.1 Å². The van der Waals surface area contributed by atoms with Gasteiger partial charge in [0.25, 0.3) is 0 Å². The molecule has 0 fully saturated rings. The SMILES string of the molecule is NNC(CC1Cc2ccccc21)c1cc(Br)cc(Br)c1. The number of halogens is 2. The highest BCUT2D eigenvalue weighted by Crippen LogP contribution is 2.41. The van der Waals surface area contributed by atoms with Gasteiger partial charge in [-0.25, -0.2) is 0 Å². The standard InChI is InChI=1S/C16H16Br2N2/c17-13-6-12(7-14(18)9-13)16(20-19)8-11-5-10-3-1-2-4-15(10)11/h1-4,6-7,9,11,16,20H,5,8,19H2. The second kappa shape index (κ2) is 5.98. The van der Waals surface area contributed by atoms with Gasteiger partial charge in [0, 0.05) is 15.0 Å². The maximum atomic E-state index is 5.77. The summed E-state index contributed by atoms with van der Waals surface area (Å²) < 4.78 is 2.13. The van der Waals surface area contributed by atoms with E-state index in [2.05, 4.69) is 73.7 Å². The van der Waals surface area contributed by atoms with E-state index in [1.165, 1.54) is 16.7 Å². The van der Waals surface area contributed by atoms with Gasteiger partial charge >= 0.3 is 0 Å². The van der Waals surface area contributed by atoms with Crippen LogP contribution in [0.3, 0.4) is 0 Å². The zero-order chi connectivity index (χ0) is 14.1. The third kappa shape index (κ3) is 2.84. The van der Waals surface area contributed by atoms with Crippen molar-refractivity contribution in [3.8, 4) is 0 Å². The summed E-state index contributed by atoms with van der Waals surface area (Å²) in [5, 5.41) is 0. The summed E-state index contributed by atoms with van der Waals surface area (Å²) in [6.07, 6.45) is 2.18. The molecule has 2 unspecified atom stereocenters. The van der Waals surface area contributed by atoms with Crippen LogP contribution < -0.4 is 11.3 Å². The fourth-order valence-electron chi connectivity index (χ4n) is 2.93. The van der Waals surface area contributed by atoms with Crippen LogP contribution in [0.15, 0.2) is 51.4 Å². The van der Waals surface area contributed by atoms with Crippen LogP contribution in [0, 0.1) is 0 Å². The Kier molecular flexibility index (Phi) is 4.26. The van der Waals surface area contributed by atoms with E-state index in [1.807, 2.05) is 6.07 Å². The summed E-state index contributed by atoms with van der Waals surface area (Å²) in [6, 6.07) is 15.1. The lowest BCUT2D eigenvalue weighted by Gasteiger charge is -2.33. The molecule has 0 aliphatic heterocycles. The molecule has 3 N–H and O–H groups in total. The minimum atomic E-state index is 0.169. The molecule has 1 aliphatic carbocycles. The van der Waals surface area contributed by atoms with Gasteiger partial charge in [0.2, 0.25) is 0 Å².